The molecule has 0 radical (unpaired) electrons. The lowest BCUT2D eigenvalue weighted by atomic mass is 10.4. The number of aromatic nitrogens is 2. The summed E-state index contributed by atoms with van der Waals surface area (Å²) in [5, 5.41) is 12.2. The number of morpholine rings is 1. The van der Waals surface area contributed by atoms with Gasteiger partial charge < -0.3 is 19.3 Å². The van der Waals surface area contributed by atoms with Crippen LogP contribution in [0.5, 0.6) is 0 Å². The van der Waals surface area contributed by atoms with Crippen LogP contribution >= 0.6 is 0 Å². The van der Waals surface area contributed by atoms with Crippen molar-refractivity contribution in [3.63, 3.8) is 0 Å². The molecule has 1 aromatic heterocycles. The summed E-state index contributed by atoms with van der Waals surface area (Å²) in [4.78, 5) is 16.3. The van der Waals surface area contributed by atoms with E-state index in [1.807, 2.05) is 4.90 Å². The molecule has 1 aromatic rings. The molecule has 0 amide bonds. The summed E-state index contributed by atoms with van der Waals surface area (Å²) in [6, 6.07) is 0. The first kappa shape index (κ1) is 9.91. The van der Waals surface area contributed by atoms with E-state index in [9.17, 15) is 4.79 Å². The number of ether oxygens (including phenoxy) is 1. The second-order valence-corrected chi connectivity index (χ2v) is 3.16. The minimum Gasteiger partial charge on any atom is -0.481 e. The van der Waals surface area contributed by atoms with E-state index < -0.39 is 5.97 Å². The first-order valence-corrected chi connectivity index (χ1v) is 4.63. The Balaban J connectivity index is 2.02. The number of aliphatic carboxylic acids is 1. The van der Waals surface area contributed by atoms with Crippen LogP contribution in [-0.2, 0) is 16.0 Å². The Kier molecular flexibility index (Phi) is 2.82. The second-order valence-electron chi connectivity index (χ2n) is 3.16. The third kappa shape index (κ3) is 2.44. The van der Waals surface area contributed by atoms with Gasteiger partial charge in [-0.1, -0.05) is 0 Å². The van der Waals surface area contributed by atoms with Crippen LogP contribution in [0.1, 0.15) is 5.89 Å². The Hall–Kier alpha value is -1.63. The van der Waals surface area contributed by atoms with Crippen molar-refractivity contribution in [1.82, 2.24) is 10.1 Å². The topological polar surface area (TPSA) is 88.7 Å². The van der Waals surface area contributed by atoms with Gasteiger partial charge in [0, 0.05) is 13.1 Å². The summed E-state index contributed by atoms with van der Waals surface area (Å²) in [6.45, 7) is 2.66. The van der Waals surface area contributed by atoms with Crippen molar-refractivity contribution in [2.75, 3.05) is 31.2 Å². The minimum absolute atomic E-state index is 0.129. The Labute approximate surface area is 85.6 Å². The van der Waals surface area contributed by atoms with E-state index >= 15 is 0 Å². The first-order chi connectivity index (χ1) is 7.25. The van der Waals surface area contributed by atoms with Crippen molar-refractivity contribution in [1.29, 1.82) is 0 Å². The summed E-state index contributed by atoms with van der Waals surface area (Å²) in [7, 11) is 0. The van der Waals surface area contributed by atoms with E-state index in [2.05, 4.69) is 10.1 Å². The van der Waals surface area contributed by atoms with Crippen LogP contribution in [-0.4, -0.2) is 47.5 Å². The normalized spacial score (nSPS) is 16.7. The molecular weight excluding hydrogens is 202 g/mol. The van der Waals surface area contributed by atoms with Crippen molar-refractivity contribution in [2.24, 2.45) is 0 Å². The summed E-state index contributed by atoms with van der Waals surface area (Å²) in [5.74, 6) is -0.411. The molecular formula is C8H11N3O4. The fourth-order valence-electron chi connectivity index (χ4n) is 1.34. The van der Waals surface area contributed by atoms with E-state index in [1.165, 1.54) is 0 Å². The van der Waals surface area contributed by atoms with Gasteiger partial charge >= 0.3 is 5.97 Å². The lowest BCUT2D eigenvalue weighted by molar-refractivity contribution is -0.136. The maximum atomic E-state index is 10.4. The quantitative estimate of drug-likeness (QED) is 0.726. The smallest absolute Gasteiger partial charge is 0.312 e. The third-order valence-corrected chi connectivity index (χ3v) is 2.05. The standard InChI is InChI=1S/C8H11N3O4/c12-7(13)5-6-9-8(10-15-6)11-1-3-14-4-2-11/h1-5H2,(H,12,13). The Bertz CT molecular complexity index is 345. The monoisotopic (exact) mass is 213 g/mol. The molecule has 0 saturated carbocycles. The lowest BCUT2D eigenvalue weighted by Gasteiger charge is -2.24. The Morgan fingerprint density at radius 1 is 1.47 bits per heavy atom. The van der Waals surface area contributed by atoms with Crippen LogP contribution < -0.4 is 4.90 Å². The van der Waals surface area contributed by atoms with Crippen molar-refractivity contribution in [2.45, 2.75) is 6.42 Å². The van der Waals surface area contributed by atoms with Crippen LogP contribution in [0, 0.1) is 0 Å². The maximum Gasteiger partial charge on any atom is 0.312 e. The van der Waals surface area contributed by atoms with Gasteiger partial charge in [0.25, 0.3) is 5.95 Å². The molecule has 7 heteroatoms. The predicted molar refractivity (Wildman–Crippen MR) is 48.7 cm³/mol. The summed E-state index contributed by atoms with van der Waals surface area (Å²) in [6.07, 6.45) is -0.239. The van der Waals surface area contributed by atoms with Gasteiger partial charge in [-0.15, -0.1) is 0 Å². The molecule has 1 saturated heterocycles. The van der Waals surface area contributed by atoms with Crippen molar-refractivity contribution in [3.05, 3.63) is 5.89 Å². The molecule has 0 unspecified atom stereocenters. The molecule has 15 heavy (non-hydrogen) atoms. The maximum absolute atomic E-state index is 10.4. The molecule has 1 aliphatic heterocycles. The van der Waals surface area contributed by atoms with E-state index in [1.54, 1.807) is 0 Å². The van der Waals surface area contributed by atoms with Crippen LogP contribution in [0.15, 0.2) is 4.52 Å². The van der Waals surface area contributed by atoms with Gasteiger partial charge in [0.1, 0.15) is 6.42 Å². The number of rotatable bonds is 3. The summed E-state index contributed by atoms with van der Waals surface area (Å²) in [5.41, 5.74) is 0. The fourth-order valence-corrected chi connectivity index (χ4v) is 1.34. The Morgan fingerprint density at radius 3 is 2.87 bits per heavy atom. The summed E-state index contributed by atoms with van der Waals surface area (Å²) >= 11 is 0. The highest BCUT2D eigenvalue weighted by atomic mass is 16.5. The van der Waals surface area contributed by atoms with Gasteiger partial charge in [-0.2, -0.15) is 4.98 Å². The molecule has 0 bridgehead atoms. The molecule has 1 fully saturated rings. The minimum atomic E-state index is -0.979. The zero-order valence-electron chi connectivity index (χ0n) is 8.05. The van der Waals surface area contributed by atoms with Crippen LogP contribution in [0.4, 0.5) is 5.95 Å². The number of hydrogen-bond acceptors (Lipinski definition) is 6. The van der Waals surface area contributed by atoms with Gasteiger partial charge in [0.05, 0.1) is 13.2 Å². The predicted octanol–water partition coefficient (Wildman–Crippen LogP) is -0.467. The number of carboxylic acid groups (broad SMARTS) is 1. The summed E-state index contributed by atoms with van der Waals surface area (Å²) < 4.78 is 9.97. The highest BCUT2D eigenvalue weighted by Crippen LogP contribution is 2.11. The van der Waals surface area contributed by atoms with Crippen molar-refractivity contribution in [3.8, 4) is 0 Å². The molecule has 0 spiro atoms. The lowest BCUT2D eigenvalue weighted by Crippen LogP contribution is -2.36. The average molecular weight is 213 g/mol. The van der Waals surface area contributed by atoms with E-state index in [0.29, 0.717) is 32.3 Å². The van der Waals surface area contributed by atoms with Gasteiger partial charge in [-0.25, -0.2) is 0 Å². The van der Waals surface area contributed by atoms with Gasteiger partial charge in [-0.05, 0) is 5.16 Å². The van der Waals surface area contributed by atoms with Gasteiger partial charge in [-0.3, -0.25) is 4.79 Å². The average Bonchev–Trinajstić information content (AvgIpc) is 2.67. The number of nitrogens with zero attached hydrogens (tertiary/aromatic N) is 3. The molecule has 2 rings (SSSR count). The van der Waals surface area contributed by atoms with Gasteiger partial charge in [0.2, 0.25) is 5.89 Å². The molecule has 2 heterocycles. The highest BCUT2D eigenvalue weighted by Gasteiger charge is 2.17. The first-order valence-electron chi connectivity index (χ1n) is 4.63. The van der Waals surface area contributed by atoms with E-state index in [-0.39, 0.29) is 12.3 Å². The highest BCUT2D eigenvalue weighted by molar-refractivity contribution is 5.68. The zero-order chi connectivity index (χ0) is 10.7. The zero-order valence-corrected chi connectivity index (χ0v) is 8.05. The number of carboxylic acids is 1. The van der Waals surface area contributed by atoms with Crippen molar-refractivity contribution < 1.29 is 19.2 Å². The van der Waals surface area contributed by atoms with E-state index in [4.69, 9.17) is 14.4 Å². The van der Waals surface area contributed by atoms with Crippen LogP contribution in [0.2, 0.25) is 0 Å². The molecule has 1 aliphatic rings. The van der Waals surface area contributed by atoms with Gasteiger partial charge in [0.15, 0.2) is 0 Å². The molecule has 82 valence electrons. The number of anilines is 1. The Morgan fingerprint density at radius 2 is 2.20 bits per heavy atom. The fraction of sp³-hybridized carbons (Fsp3) is 0.625. The van der Waals surface area contributed by atoms with Crippen LogP contribution in [0.25, 0.3) is 0 Å². The number of carbonyl (C=O) groups is 1. The molecule has 7 nitrogen and oxygen atoms in total. The van der Waals surface area contributed by atoms with Crippen LogP contribution in [0.3, 0.4) is 0 Å². The van der Waals surface area contributed by atoms with Crippen molar-refractivity contribution >= 4 is 11.9 Å². The third-order valence-electron chi connectivity index (χ3n) is 2.05. The molecule has 0 aromatic carbocycles. The number of hydrogen-bond donors (Lipinski definition) is 1. The molecule has 0 aliphatic carbocycles. The molecule has 1 N–H and O–H groups in total. The molecule has 0 atom stereocenters. The largest absolute Gasteiger partial charge is 0.481 e. The second kappa shape index (κ2) is 4.26. The van der Waals surface area contributed by atoms with E-state index in [0.717, 1.165) is 0 Å². The SMILES string of the molecule is O=C(O)Cc1nc(N2CCOCC2)no1.